The minimum atomic E-state index is -2.71. The Kier molecular flexibility index (Phi) is 7.77. The first-order valence-corrected chi connectivity index (χ1v) is 15.7. The van der Waals surface area contributed by atoms with Gasteiger partial charge in [0.05, 0.1) is 18.7 Å². The minimum absolute atomic E-state index is 0.0606. The highest BCUT2D eigenvalue weighted by atomic mass is 16.5. The van der Waals surface area contributed by atoms with Gasteiger partial charge < -0.3 is 30.9 Å². The third-order valence-corrected chi connectivity index (χ3v) is 10.7. The number of likely N-dealkylation sites (tertiary alicyclic amines) is 1. The average Bonchev–Trinajstić information content (AvgIpc) is 3.52. The maximum absolute atomic E-state index is 14.4. The fourth-order valence-corrected chi connectivity index (χ4v) is 8.59. The maximum Gasteiger partial charge on any atom is 0.255 e. The van der Waals surface area contributed by atoms with Crippen LogP contribution in [0, 0.1) is 17.8 Å². The molecule has 6 atom stereocenters. The van der Waals surface area contributed by atoms with Crippen LogP contribution in [0.15, 0.2) is 47.2 Å². The van der Waals surface area contributed by atoms with Crippen LogP contribution in [0.2, 0.25) is 0 Å². The normalized spacial score (nSPS) is 29.6. The van der Waals surface area contributed by atoms with Crippen LogP contribution in [0.25, 0.3) is 16.9 Å². The Bertz CT molecular complexity index is 1720. The molecule has 3 aliphatic carbocycles. The molecule has 0 bridgehead atoms. The molecule has 1 saturated carbocycles. The number of phenolic OH excluding ortho intramolecular Hbond substituents is 1. The molecule has 244 valence electrons. The van der Waals surface area contributed by atoms with Crippen molar-refractivity contribution in [3.63, 3.8) is 0 Å². The average molecular weight is 632 g/mol. The first kappa shape index (κ1) is 31.8. The van der Waals surface area contributed by atoms with Gasteiger partial charge in [-0.05, 0) is 75.1 Å². The number of nitrogens with two attached hydrogens (primary N) is 1. The van der Waals surface area contributed by atoms with Crippen molar-refractivity contribution in [3.05, 3.63) is 63.9 Å². The second-order valence-electron chi connectivity index (χ2n) is 13.4. The number of aromatic hydroxyl groups is 1. The van der Waals surface area contributed by atoms with Gasteiger partial charge in [0, 0.05) is 35.1 Å². The second-order valence-corrected chi connectivity index (χ2v) is 13.4. The maximum atomic E-state index is 14.4. The Labute approximate surface area is 267 Å². The monoisotopic (exact) mass is 631 g/mol. The van der Waals surface area contributed by atoms with Gasteiger partial charge in [0.1, 0.15) is 28.6 Å². The SMILES string of the molecule is COc1ccc(-c2ccc3c(c2O)C(O)=C2C(=O)[C@]4(O)C(O)=C(C(N)=O)C(=O)[C@@H](N(C)C)[C@@H]4[C@@H](C)[C@@H]2[C@H]3C)cc1CN1CCCC1. The van der Waals surface area contributed by atoms with Crippen molar-refractivity contribution in [2.24, 2.45) is 23.5 Å². The molecule has 6 N–H and O–H groups in total. The van der Waals surface area contributed by atoms with Crippen LogP contribution in [0.5, 0.6) is 11.5 Å². The third kappa shape index (κ3) is 4.39. The molecule has 2 fully saturated rings. The zero-order valence-corrected chi connectivity index (χ0v) is 26.7. The van der Waals surface area contributed by atoms with E-state index >= 15 is 0 Å². The van der Waals surface area contributed by atoms with Crippen molar-refractivity contribution < 1.29 is 39.5 Å². The van der Waals surface area contributed by atoms with Gasteiger partial charge in [-0.3, -0.25) is 24.2 Å². The molecule has 0 spiro atoms. The van der Waals surface area contributed by atoms with Gasteiger partial charge in [-0.1, -0.05) is 32.0 Å². The van der Waals surface area contributed by atoms with Crippen LogP contribution in [-0.4, -0.2) is 93.6 Å². The molecule has 46 heavy (non-hydrogen) atoms. The number of hydrogen-bond acceptors (Lipinski definition) is 10. The summed E-state index contributed by atoms with van der Waals surface area (Å²) in [7, 11) is 4.78. The van der Waals surface area contributed by atoms with Gasteiger partial charge in [0.2, 0.25) is 5.78 Å². The van der Waals surface area contributed by atoms with E-state index in [-0.39, 0.29) is 16.9 Å². The van der Waals surface area contributed by atoms with E-state index in [1.165, 1.54) is 4.90 Å². The fraction of sp³-hybridized carbons (Fsp3) is 0.457. The number of aliphatic hydroxyl groups excluding tert-OH is 2. The smallest absolute Gasteiger partial charge is 0.255 e. The van der Waals surface area contributed by atoms with Crippen molar-refractivity contribution in [3.8, 4) is 22.6 Å². The number of ketones is 2. The molecule has 11 heteroatoms. The molecule has 0 radical (unpaired) electrons. The summed E-state index contributed by atoms with van der Waals surface area (Å²) in [6.07, 6.45) is 2.27. The van der Waals surface area contributed by atoms with Crippen molar-refractivity contribution >= 4 is 23.2 Å². The van der Waals surface area contributed by atoms with E-state index in [2.05, 4.69) is 4.90 Å². The molecule has 0 aromatic heterocycles. The van der Waals surface area contributed by atoms with Crippen molar-refractivity contribution in [1.82, 2.24) is 9.80 Å². The van der Waals surface area contributed by atoms with E-state index in [0.29, 0.717) is 23.2 Å². The van der Waals surface area contributed by atoms with Crippen LogP contribution in [0.3, 0.4) is 0 Å². The number of Topliss-reactive ketones (excluding diaryl/α,β-unsaturated/α-hetero) is 2. The Morgan fingerprint density at radius 1 is 1.09 bits per heavy atom. The van der Waals surface area contributed by atoms with Crippen molar-refractivity contribution in [2.45, 2.75) is 50.8 Å². The highest BCUT2D eigenvalue weighted by Crippen LogP contribution is 2.59. The summed E-state index contributed by atoms with van der Waals surface area (Å²) >= 11 is 0. The number of carbonyl (C=O) groups is 3. The predicted molar refractivity (Wildman–Crippen MR) is 170 cm³/mol. The van der Waals surface area contributed by atoms with Gasteiger partial charge in [-0.15, -0.1) is 0 Å². The van der Waals surface area contributed by atoms with Crippen LogP contribution in [-0.2, 0) is 20.9 Å². The van der Waals surface area contributed by atoms with Gasteiger partial charge in [-0.25, -0.2) is 0 Å². The zero-order chi connectivity index (χ0) is 33.4. The quantitative estimate of drug-likeness (QED) is 0.298. The molecule has 0 unspecified atom stereocenters. The van der Waals surface area contributed by atoms with Gasteiger partial charge >= 0.3 is 0 Å². The number of nitrogens with zero attached hydrogens (tertiary/aromatic N) is 2. The molecule has 2 aromatic rings. The molecular weight excluding hydrogens is 590 g/mol. The zero-order valence-electron chi connectivity index (χ0n) is 26.7. The lowest BCUT2D eigenvalue weighted by Gasteiger charge is -2.54. The molecule has 1 aliphatic heterocycles. The minimum Gasteiger partial charge on any atom is -0.508 e. The summed E-state index contributed by atoms with van der Waals surface area (Å²) < 4.78 is 5.62. The number of phenols is 1. The summed E-state index contributed by atoms with van der Waals surface area (Å²) in [6, 6.07) is 8.07. The van der Waals surface area contributed by atoms with E-state index in [4.69, 9.17) is 10.5 Å². The number of fused-ring (bicyclic) bond motifs is 3. The van der Waals surface area contributed by atoms with E-state index in [9.17, 15) is 34.8 Å². The number of likely N-dealkylation sites (N-methyl/N-ethyl adjacent to an activating group) is 1. The highest BCUT2D eigenvalue weighted by Gasteiger charge is 2.67. The summed E-state index contributed by atoms with van der Waals surface area (Å²) in [6.45, 7) is 6.29. The number of aliphatic hydroxyl groups is 3. The second kappa shape index (κ2) is 11.3. The van der Waals surface area contributed by atoms with E-state index in [0.717, 1.165) is 37.2 Å². The lowest BCUT2D eigenvalue weighted by atomic mass is 9.51. The van der Waals surface area contributed by atoms with E-state index < -0.39 is 69.9 Å². The number of hydrogen-bond donors (Lipinski definition) is 5. The van der Waals surface area contributed by atoms with Gasteiger partial charge in [0.15, 0.2) is 11.4 Å². The first-order valence-electron chi connectivity index (χ1n) is 15.7. The topological polar surface area (TPSA) is 174 Å². The summed E-state index contributed by atoms with van der Waals surface area (Å²) in [4.78, 5) is 44.0. The van der Waals surface area contributed by atoms with Crippen LogP contribution < -0.4 is 10.5 Å². The molecular formula is C35H41N3O8. The van der Waals surface area contributed by atoms with Crippen molar-refractivity contribution in [1.29, 1.82) is 0 Å². The number of primary amides is 1. The molecule has 1 amide bonds. The highest BCUT2D eigenvalue weighted by molar-refractivity contribution is 6.24. The lowest BCUT2D eigenvalue weighted by molar-refractivity contribution is -0.160. The van der Waals surface area contributed by atoms with Crippen LogP contribution in [0.1, 0.15) is 49.3 Å². The number of ether oxygens (including phenoxy) is 1. The predicted octanol–water partition coefficient (Wildman–Crippen LogP) is 3.04. The molecule has 2 aromatic carbocycles. The summed E-state index contributed by atoms with van der Waals surface area (Å²) in [5.41, 5.74) is 4.47. The molecule has 1 heterocycles. The van der Waals surface area contributed by atoms with Crippen LogP contribution >= 0.6 is 0 Å². The Hall–Kier alpha value is -4.19. The standard InChI is InChI=1S/C35H41N3O8/c1-16-20-9-10-21(18-8-11-22(46-5)19(14-18)15-38-12-6-7-13-38)29(39)24(20)30(40)25-23(16)17(2)27-28(37(3)4)31(41)26(34(36)44)33(43)35(27,45)32(25)42/h8-11,14,16-17,23,27-28,39-40,43,45H,6-7,12-13,15H2,1-5H3,(H2,36,44)/t16-,17-,23-,27-,28-,35-/m0/s1. The van der Waals surface area contributed by atoms with Gasteiger partial charge in [0.25, 0.3) is 5.91 Å². The van der Waals surface area contributed by atoms with Crippen molar-refractivity contribution in [2.75, 3.05) is 34.3 Å². The molecule has 4 aliphatic rings. The Morgan fingerprint density at radius 3 is 2.37 bits per heavy atom. The first-order chi connectivity index (χ1) is 21.7. The molecule has 11 nitrogen and oxygen atoms in total. The summed E-state index contributed by atoms with van der Waals surface area (Å²) in [5, 5.41) is 46.9. The fourth-order valence-electron chi connectivity index (χ4n) is 8.59. The number of carbonyl (C=O) groups excluding carboxylic acids is 3. The number of amides is 1. The molecule has 6 rings (SSSR count). The van der Waals surface area contributed by atoms with E-state index in [1.54, 1.807) is 34.2 Å². The number of benzene rings is 2. The van der Waals surface area contributed by atoms with Crippen LogP contribution in [0.4, 0.5) is 0 Å². The Balaban J connectivity index is 1.51. The number of methoxy groups -OCH3 is 1. The third-order valence-electron chi connectivity index (χ3n) is 10.7. The lowest BCUT2D eigenvalue weighted by Crippen LogP contribution is -2.68. The number of rotatable bonds is 6. The Morgan fingerprint density at radius 2 is 1.76 bits per heavy atom. The largest absolute Gasteiger partial charge is 0.508 e. The van der Waals surface area contributed by atoms with E-state index in [1.807, 2.05) is 31.2 Å². The van der Waals surface area contributed by atoms with Gasteiger partial charge in [-0.2, -0.15) is 0 Å². The molecule has 1 saturated heterocycles. The summed E-state index contributed by atoms with van der Waals surface area (Å²) in [5.74, 6) is -7.13.